The third kappa shape index (κ3) is 3.71. The van der Waals surface area contributed by atoms with Crippen LogP contribution < -0.4 is 5.32 Å². The predicted octanol–water partition coefficient (Wildman–Crippen LogP) is 2.13. The van der Waals surface area contributed by atoms with Crippen LogP contribution in [0.3, 0.4) is 0 Å². The van der Waals surface area contributed by atoms with Gasteiger partial charge in [0.05, 0.1) is 36.4 Å². The topological polar surface area (TPSA) is 76.7 Å². The maximum Gasteiger partial charge on any atom is 0.144 e. The molecule has 0 fully saturated rings. The van der Waals surface area contributed by atoms with Gasteiger partial charge in [-0.15, -0.1) is 0 Å². The molecular weight excluding hydrogens is 340 g/mol. The number of fused-ring (bicyclic) bond motifs is 1. The van der Waals surface area contributed by atoms with Gasteiger partial charge in [-0.3, -0.25) is 19.2 Å². The van der Waals surface area contributed by atoms with Gasteiger partial charge in [0, 0.05) is 49.8 Å². The Morgan fingerprint density at radius 2 is 2.04 bits per heavy atom. The normalized spacial score (nSPS) is 14.3. The van der Waals surface area contributed by atoms with Crippen molar-refractivity contribution in [3.63, 3.8) is 0 Å². The molecule has 0 saturated carbocycles. The highest BCUT2D eigenvalue weighted by molar-refractivity contribution is 5.31. The molecule has 1 N–H and O–H groups in total. The molecule has 0 spiro atoms. The third-order valence-electron chi connectivity index (χ3n) is 5.15. The average Bonchev–Trinajstić information content (AvgIpc) is 3.22. The average molecular weight is 366 g/mol. The highest BCUT2D eigenvalue weighted by Gasteiger charge is 2.21. The summed E-state index contributed by atoms with van der Waals surface area (Å²) < 4.78 is 4.22. The van der Waals surface area contributed by atoms with Gasteiger partial charge in [0.1, 0.15) is 5.82 Å². The van der Waals surface area contributed by atoms with E-state index < -0.39 is 0 Å². The molecule has 1 aliphatic rings. The molecule has 1 aliphatic heterocycles. The van der Waals surface area contributed by atoms with Crippen LogP contribution in [-0.2, 0) is 32.7 Å². The molecule has 0 atom stereocenters. The van der Waals surface area contributed by atoms with Crippen LogP contribution in [0.15, 0.2) is 24.7 Å². The standard InChI is InChI=1S/C19H26N8/c1-4-26-15(3)18(14(2)23-26)13-25-7-8-27-17(12-25)9-16(24-27)10-22-19-11-20-5-6-21-19/h5-6,9,11H,4,7-8,10,12-13H2,1-3H3,(H,21,22). The lowest BCUT2D eigenvalue weighted by atomic mass is 10.1. The summed E-state index contributed by atoms with van der Waals surface area (Å²) in [6, 6.07) is 2.19. The number of aromatic nitrogens is 6. The van der Waals surface area contributed by atoms with E-state index in [9.17, 15) is 0 Å². The van der Waals surface area contributed by atoms with Crippen LogP contribution in [0.5, 0.6) is 0 Å². The molecule has 8 heteroatoms. The van der Waals surface area contributed by atoms with Crippen molar-refractivity contribution in [2.45, 2.75) is 53.5 Å². The highest BCUT2D eigenvalue weighted by Crippen LogP contribution is 2.20. The second-order valence-electron chi connectivity index (χ2n) is 6.97. The van der Waals surface area contributed by atoms with Crippen LogP contribution in [-0.4, -0.2) is 41.0 Å². The van der Waals surface area contributed by atoms with E-state index in [0.717, 1.165) is 49.9 Å². The van der Waals surface area contributed by atoms with E-state index in [1.54, 1.807) is 18.6 Å². The molecule has 0 bridgehead atoms. The Bertz CT molecular complexity index is 911. The Balaban J connectivity index is 1.41. The van der Waals surface area contributed by atoms with Crippen LogP contribution in [0, 0.1) is 13.8 Å². The lowest BCUT2D eigenvalue weighted by Crippen LogP contribution is -2.33. The second kappa shape index (κ2) is 7.48. The summed E-state index contributed by atoms with van der Waals surface area (Å²) in [5.41, 5.74) is 6.07. The Morgan fingerprint density at radius 1 is 1.15 bits per heavy atom. The molecule has 142 valence electrons. The Labute approximate surface area is 159 Å². The van der Waals surface area contributed by atoms with Gasteiger partial charge >= 0.3 is 0 Å². The first-order valence-corrected chi connectivity index (χ1v) is 9.44. The summed E-state index contributed by atoms with van der Waals surface area (Å²) >= 11 is 0. The van der Waals surface area contributed by atoms with Crippen LogP contribution in [0.4, 0.5) is 5.82 Å². The van der Waals surface area contributed by atoms with Crippen LogP contribution in [0.2, 0.25) is 0 Å². The molecule has 0 saturated heterocycles. The van der Waals surface area contributed by atoms with E-state index in [4.69, 9.17) is 5.10 Å². The van der Waals surface area contributed by atoms with Gasteiger partial charge in [0.2, 0.25) is 0 Å². The molecule has 4 rings (SSSR count). The Hall–Kier alpha value is -2.74. The molecule has 27 heavy (non-hydrogen) atoms. The fraction of sp³-hybridized carbons (Fsp3) is 0.474. The van der Waals surface area contributed by atoms with Gasteiger partial charge in [-0.25, -0.2) is 4.98 Å². The summed E-state index contributed by atoms with van der Waals surface area (Å²) in [4.78, 5) is 10.8. The maximum atomic E-state index is 4.72. The summed E-state index contributed by atoms with van der Waals surface area (Å²) in [5.74, 6) is 0.768. The number of hydrogen-bond acceptors (Lipinski definition) is 6. The zero-order chi connectivity index (χ0) is 18.8. The number of aryl methyl sites for hydroxylation is 2. The van der Waals surface area contributed by atoms with E-state index in [-0.39, 0.29) is 0 Å². The van der Waals surface area contributed by atoms with Crippen LogP contribution >= 0.6 is 0 Å². The van der Waals surface area contributed by atoms with Gasteiger partial charge < -0.3 is 5.32 Å². The fourth-order valence-corrected chi connectivity index (χ4v) is 3.67. The van der Waals surface area contributed by atoms with Crippen molar-refractivity contribution in [2.24, 2.45) is 0 Å². The van der Waals surface area contributed by atoms with E-state index >= 15 is 0 Å². The quantitative estimate of drug-likeness (QED) is 0.720. The van der Waals surface area contributed by atoms with Crippen LogP contribution in [0.25, 0.3) is 0 Å². The molecule has 3 aromatic rings. The zero-order valence-corrected chi connectivity index (χ0v) is 16.2. The minimum absolute atomic E-state index is 0.653. The molecular formula is C19H26N8. The van der Waals surface area contributed by atoms with Crippen molar-refractivity contribution in [3.8, 4) is 0 Å². The minimum atomic E-state index is 0.653. The third-order valence-corrected chi connectivity index (χ3v) is 5.15. The van der Waals surface area contributed by atoms with Crippen molar-refractivity contribution >= 4 is 5.82 Å². The monoisotopic (exact) mass is 366 g/mol. The molecule has 0 radical (unpaired) electrons. The van der Waals surface area contributed by atoms with Crippen molar-refractivity contribution in [2.75, 3.05) is 11.9 Å². The van der Waals surface area contributed by atoms with Gasteiger partial charge in [0.25, 0.3) is 0 Å². The molecule has 3 aromatic heterocycles. The van der Waals surface area contributed by atoms with Crippen molar-refractivity contribution in [1.82, 2.24) is 34.4 Å². The Morgan fingerprint density at radius 3 is 2.78 bits per heavy atom. The lowest BCUT2D eigenvalue weighted by molar-refractivity contribution is 0.204. The zero-order valence-electron chi connectivity index (χ0n) is 16.2. The first-order valence-electron chi connectivity index (χ1n) is 9.44. The summed E-state index contributed by atoms with van der Waals surface area (Å²) in [6.45, 7) is 11.8. The SMILES string of the molecule is CCn1nc(C)c(CN2CCn3nc(CNc4cnccn4)cc3C2)c1C. The van der Waals surface area contributed by atoms with Crippen molar-refractivity contribution in [1.29, 1.82) is 0 Å². The van der Waals surface area contributed by atoms with E-state index in [0.29, 0.717) is 6.54 Å². The number of hydrogen-bond donors (Lipinski definition) is 1. The van der Waals surface area contributed by atoms with Gasteiger partial charge in [-0.1, -0.05) is 0 Å². The summed E-state index contributed by atoms with van der Waals surface area (Å²) in [5, 5.41) is 12.6. The first kappa shape index (κ1) is 17.7. The van der Waals surface area contributed by atoms with Gasteiger partial charge in [-0.05, 0) is 26.8 Å². The van der Waals surface area contributed by atoms with Crippen molar-refractivity contribution < 1.29 is 0 Å². The highest BCUT2D eigenvalue weighted by atomic mass is 15.3. The predicted molar refractivity (Wildman–Crippen MR) is 103 cm³/mol. The summed E-state index contributed by atoms with van der Waals surface area (Å²) in [7, 11) is 0. The molecule has 4 heterocycles. The number of anilines is 1. The number of nitrogens with zero attached hydrogens (tertiary/aromatic N) is 7. The molecule has 0 aliphatic carbocycles. The van der Waals surface area contributed by atoms with Gasteiger partial charge in [0.15, 0.2) is 0 Å². The first-order chi connectivity index (χ1) is 13.1. The van der Waals surface area contributed by atoms with Crippen LogP contribution in [0.1, 0.15) is 35.3 Å². The van der Waals surface area contributed by atoms with Gasteiger partial charge in [-0.2, -0.15) is 10.2 Å². The second-order valence-corrected chi connectivity index (χ2v) is 6.97. The number of rotatable bonds is 6. The molecule has 0 aromatic carbocycles. The molecule has 0 amide bonds. The smallest absolute Gasteiger partial charge is 0.144 e. The van der Waals surface area contributed by atoms with E-state index in [2.05, 4.69) is 61.5 Å². The van der Waals surface area contributed by atoms with Crippen molar-refractivity contribution in [3.05, 3.63) is 53.0 Å². The lowest BCUT2D eigenvalue weighted by Gasteiger charge is -2.27. The minimum Gasteiger partial charge on any atom is -0.363 e. The number of nitrogens with one attached hydrogen (secondary N) is 1. The largest absolute Gasteiger partial charge is 0.363 e. The molecule has 0 unspecified atom stereocenters. The molecule has 8 nitrogen and oxygen atoms in total. The van der Waals surface area contributed by atoms with E-state index in [1.165, 1.54) is 17.0 Å². The maximum absolute atomic E-state index is 4.72. The summed E-state index contributed by atoms with van der Waals surface area (Å²) in [6.07, 6.45) is 5.07. The fourth-order valence-electron chi connectivity index (χ4n) is 3.67. The Kier molecular flexibility index (Phi) is 4.89. The van der Waals surface area contributed by atoms with E-state index in [1.807, 2.05) is 0 Å².